The number of rotatable bonds is 3. The van der Waals surface area contributed by atoms with E-state index in [-0.39, 0.29) is 11.0 Å². The average Bonchev–Trinajstić information content (AvgIpc) is 2.81. The zero-order valence-corrected chi connectivity index (χ0v) is 14.7. The van der Waals surface area contributed by atoms with Crippen molar-refractivity contribution >= 4 is 33.4 Å². The minimum absolute atomic E-state index is 0.153. The Morgan fingerprint density at radius 1 is 1.61 bits per heavy atom. The molecule has 2 N–H and O–H groups in total. The summed E-state index contributed by atoms with van der Waals surface area (Å²) < 4.78 is 0. The molecule has 1 aromatic carbocycles. The summed E-state index contributed by atoms with van der Waals surface area (Å²) in [5, 5.41) is 21.9. The summed E-state index contributed by atoms with van der Waals surface area (Å²) in [6.45, 7) is 5.84. The zero-order chi connectivity index (χ0) is 16.7. The molecule has 23 heavy (non-hydrogen) atoms. The minimum atomic E-state index is -0.868. The fourth-order valence-electron chi connectivity index (χ4n) is 3.42. The zero-order valence-electron chi connectivity index (χ0n) is 13.1. The molecule has 1 unspecified atom stereocenters. The maximum absolute atomic E-state index is 11.0. The van der Waals surface area contributed by atoms with Gasteiger partial charge in [0, 0.05) is 31.7 Å². The number of benzene rings is 1. The van der Waals surface area contributed by atoms with Gasteiger partial charge in [-0.15, -0.1) is 0 Å². The average molecular weight is 379 g/mol. The van der Waals surface area contributed by atoms with Crippen LogP contribution in [0, 0.1) is 18.3 Å². The number of amides is 1. The summed E-state index contributed by atoms with van der Waals surface area (Å²) in [6.07, 6.45) is -0.0344. The van der Waals surface area contributed by atoms with E-state index < -0.39 is 6.09 Å². The number of halogens is 1. The molecule has 2 aliphatic rings. The summed E-state index contributed by atoms with van der Waals surface area (Å²) in [7, 11) is 0. The van der Waals surface area contributed by atoms with Gasteiger partial charge in [0.25, 0.3) is 0 Å². The molecule has 0 aromatic heterocycles. The summed E-state index contributed by atoms with van der Waals surface area (Å²) >= 11 is 3.56. The van der Waals surface area contributed by atoms with Gasteiger partial charge >= 0.3 is 6.09 Å². The van der Waals surface area contributed by atoms with Crippen LogP contribution < -0.4 is 10.2 Å². The monoisotopic (exact) mass is 378 g/mol. The fraction of sp³-hybridized carbons (Fsp3) is 0.500. The molecule has 122 valence electrons. The van der Waals surface area contributed by atoms with E-state index in [9.17, 15) is 10.1 Å². The van der Waals surface area contributed by atoms with E-state index in [1.807, 2.05) is 6.92 Å². The first-order valence-corrected chi connectivity index (χ1v) is 8.59. The van der Waals surface area contributed by atoms with Gasteiger partial charge < -0.3 is 20.2 Å². The predicted octanol–water partition coefficient (Wildman–Crippen LogP) is 2.74. The van der Waals surface area contributed by atoms with E-state index in [0.29, 0.717) is 18.7 Å². The molecule has 1 saturated heterocycles. The number of carbonyl (C=O) groups is 1. The van der Waals surface area contributed by atoms with Gasteiger partial charge in [0.1, 0.15) is 6.07 Å². The lowest BCUT2D eigenvalue weighted by Gasteiger charge is -2.45. The van der Waals surface area contributed by atoms with Crippen molar-refractivity contribution in [1.29, 1.82) is 5.26 Å². The first-order valence-electron chi connectivity index (χ1n) is 7.68. The Bertz CT molecular complexity index is 694. The van der Waals surface area contributed by atoms with Crippen molar-refractivity contribution in [1.82, 2.24) is 4.90 Å². The summed E-state index contributed by atoms with van der Waals surface area (Å²) in [6, 6.07) is 4.64. The van der Waals surface area contributed by atoms with Crippen LogP contribution in [-0.2, 0) is 6.42 Å². The molecule has 1 atom stereocenters. The third-order valence-electron chi connectivity index (χ3n) is 4.68. The highest BCUT2D eigenvalue weighted by molar-refractivity contribution is 9.09. The molecule has 2 heterocycles. The number of likely N-dealkylation sites (N-methyl/N-ethyl adjacent to an activating group) is 1. The lowest BCUT2D eigenvalue weighted by atomic mass is 9.97. The van der Waals surface area contributed by atoms with Crippen LogP contribution in [0.4, 0.5) is 16.2 Å². The Hall–Kier alpha value is -1.94. The lowest BCUT2D eigenvalue weighted by Crippen LogP contribution is -2.61. The predicted molar refractivity (Wildman–Crippen MR) is 92.3 cm³/mol. The largest absolute Gasteiger partial charge is 0.465 e. The normalized spacial score (nSPS) is 19.6. The Morgan fingerprint density at radius 2 is 2.30 bits per heavy atom. The van der Waals surface area contributed by atoms with Crippen LogP contribution in [0.25, 0.3) is 0 Å². The fourth-order valence-corrected chi connectivity index (χ4v) is 4.00. The van der Waals surface area contributed by atoms with Gasteiger partial charge in [-0.3, -0.25) is 0 Å². The molecule has 0 spiro atoms. The molecule has 0 saturated carbocycles. The molecule has 0 bridgehead atoms. The number of nitrogens with zero attached hydrogens (tertiary/aromatic N) is 3. The number of likely N-dealkylation sites (tertiary alicyclic amines) is 1. The maximum Gasteiger partial charge on any atom is 0.407 e. The van der Waals surface area contributed by atoms with Gasteiger partial charge in [0.05, 0.1) is 22.2 Å². The van der Waals surface area contributed by atoms with Crippen molar-refractivity contribution in [2.75, 3.05) is 29.9 Å². The van der Waals surface area contributed by atoms with Gasteiger partial charge in [-0.2, -0.15) is 5.26 Å². The number of fused-ring (bicyclic) bond motifs is 1. The number of anilines is 2. The number of hydrogen-bond donors (Lipinski definition) is 2. The van der Waals surface area contributed by atoms with Crippen LogP contribution >= 0.6 is 15.9 Å². The molecular formula is C16H19BrN4O2. The Balaban J connectivity index is 1.95. The van der Waals surface area contributed by atoms with Crippen LogP contribution in [0.3, 0.4) is 0 Å². The highest BCUT2D eigenvalue weighted by Crippen LogP contribution is 2.39. The molecule has 1 aromatic rings. The van der Waals surface area contributed by atoms with E-state index in [1.54, 1.807) is 0 Å². The third-order valence-corrected chi connectivity index (χ3v) is 5.23. The quantitative estimate of drug-likeness (QED) is 0.624. The number of nitriles is 1. The molecular weight excluding hydrogens is 360 g/mol. The van der Waals surface area contributed by atoms with Crippen molar-refractivity contribution in [3.8, 4) is 6.07 Å². The van der Waals surface area contributed by atoms with Crippen LogP contribution in [0.2, 0.25) is 0 Å². The van der Waals surface area contributed by atoms with E-state index in [0.717, 1.165) is 35.5 Å². The second-order valence-electron chi connectivity index (χ2n) is 5.99. The smallest absolute Gasteiger partial charge is 0.407 e. The van der Waals surface area contributed by atoms with E-state index in [2.05, 4.69) is 45.2 Å². The van der Waals surface area contributed by atoms with Gasteiger partial charge in [0.15, 0.2) is 0 Å². The topological polar surface area (TPSA) is 79.6 Å². The second-order valence-corrected chi connectivity index (χ2v) is 7.09. The minimum Gasteiger partial charge on any atom is -0.465 e. The number of carboxylic acid groups (broad SMARTS) is 1. The molecule has 0 aliphatic carbocycles. The molecule has 1 fully saturated rings. The standard InChI is InChI=1S/C16H19BrN4O2/c1-3-21(11-7-20(8-11)16(22)23)13-4-10-5-14(17)19-15(10)12(6-18)9(13)2/h4,11,14,19H,3,5,7-8H2,1-2H3,(H,22,23). The molecule has 0 radical (unpaired) electrons. The van der Waals surface area contributed by atoms with Crippen LogP contribution in [0.15, 0.2) is 6.07 Å². The van der Waals surface area contributed by atoms with E-state index >= 15 is 0 Å². The Morgan fingerprint density at radius 3 is 2.87 bits per heavy atom. The van der Waals surface area contributed by atoms with Crippen molar-refractivity contribution in [2.45, 2.75) is 31.3 Å². The van der Waals surface area contributed by atoms with E-state index in [1.165, 1.54) is 4.90 Å². The van der Waals surface area contributed by atoms with Crippen molar-refractivity contribution in [2.24, 2.45) is 0 Å². The summed E-state index contributed by atoms with van der Waals surface area (Å²) in [4.78, 5) is 14.8. The summed E-state index contributed by atoms with van der Waals surface area (Å²) in [5.41, 5.74) is 4.74. The van der Waals surface area contributed by atoms with Crippen molar-refractivity contribution in [3.05, 3.63) is 22.8 Å². The van der Waals surface area contributed by atoms with Gasteiger partial charge in [-0.25, -0.2) is 4.79 Å². The van der Waals surface area contributed by atoms with Crippen LogP contribution in [0.1, 0.15) is 23.6 Å². The molecule has 3 rings (SSSR count). The molecule has 6 nitrogen and oxygen atoms in total. The van der Waals surface area contributed by atoms with Gasteiger partial charge in [0.2, 0.25) is 0 Å². The molecule has 7 heteroatoms. The SMILES string of the molecule is CCN(c1cc2c(c(C#N)c1C)NC(Br)C2)C1CN(C(=O)O)C1. The Kier molecular flexibility index (Phi) is 4.11. The van der Waals surface area contributed by atoms with E-state index in [4.69, 9.17) is 5.11 Å². The Labute approximate surface area is 143 Å². The van der Waals surface area contributed by atoms with Gasteiger partial charge in [-0.1, -0.05) is 15.9 Å². The highest BCUT2D eigenvalue weighted by atomic mass is 79.9. The van der Waals surface area contributed by atoms with Crippen molar-refractivity contribution in [3.63, 3.8) is 0 Å². The second kappa shape index (κ2) is 5.93. The number of nitrogens with one attached hydrogen (secondary N) is 1. The first-order chi connectivity index (χ1) is 11.0. The molecule has 1 amide bonds. The van der Waals surface area contributed by atoms with Gasteiger partial charge in [-0.05, 0) is 31.0 Å². The first kappa shape index (κ1) is 15.9. The highest BCUT2D eigenvalue weighted by Gasteiger charge is 2.36. The van der Waals surface area contributed by atoms with Crippen LogP contribution in [-0.4, -0.2) is 46.7 Å². The molecule has 2 aliphatic heterocycles. The maximum atomic E-state index is 11.0. The van der Waals surface area contributed by atoms with Crippen molar-refractivity contribution < 1.29 is 9.90 Å². The van der Waals surface area contributed by atoms with Crippen LogP contribution in [0.5, 0.6) is 0 Å². The summed E-state index contributed by atoms with van der Waals surface area (Å²) in [5.74, 6) is 0. The number of alkyl halides is 1. The third kappa shape index (κ3) is 2.61. The number of hydrogen-bond acceptors (Lipinski definition) is 4. The lowest BCUT2D eigenvalue weighted by molar-refractivity contribution is 0.104.